The van der Waals surface area contributed by atoms with Crippen molar-refractivity contribution >= 4 is 0 Å². The highest BCUT2D eigenvalue weighted by atomic mass is 14.8. The van der Waals surface area contributed by atoms with Crippen molar-refractivity contribution in [1.29, 1.82) is 0 Å². The standard InChI is InChI=1S/C17H22/c1-2-11-7-17-8-13(12(3-1)15(11)17)14-9-4-5-10(6-9)16(14)17/h1-2,9-16H,3-8H2. The molecule has 4 bridgehead atoms. The van der Waals surface area contributed by atoms with Crippen LogP contribution in [0.15, 0.2) is 12.2 Å². The summed E-state index contributed by atoms with van der Waals surface area (Å²) in [5.74, 6) is 9.30. The second-order valence-corrected chi connectivity index (χ2v) is 8.26. The number of hydrogen-bond acceptors (Lipinski definition) is 0. The van der Waals surface area contributed by atoms with Crippen LogP contribution >= 0.6 is 0 Å². The van der Waals surface area contributed by atoms with Crippen molar-refractivity contribution in [1.82, 2.24) is 0 Å². The van der Waals surface area contributed by atoms with E-state index < -0.39 is 0 Å². The quantitative estimate of drug-likeness (QED) is 0.550. The van der Waals surface area contributed by atoms with E-state index in [2.05, 4.69) is 12.2 Å². The van der Waals surface area contributed by atoms with Crippen LogP contribution in [0.5, 0.6) is 0 Å². The molecule has 1 spiro atoms. The van der Waals surface area contributed by atoms with Gasteiger partial charge in [-0.15, -0.1) is 0 Å². The minimum absolute atomic E-state index is 0.898. The lowest BCUT2D eigenvalue weighted by atomic mass is 9.43. The van der Waals surface area contributed by atoms with Crippen molar-refractivity contribution in [2.75, 3.05) is 0 Å². The maximum absolute atomic E-state index is 2.59. The van der Waals surface area contributed by atoms with Crippen LogP contribution in [0.4, 0.5) is 0 Å². The minimum atomic E-state index is 0.898. The van der Waals surface area contributed by atoms with Crippen LogP contribution in [-0.2, 0) is 0 Å². The van der Waals surface area contributed by atoms with Crippen molar-refractivity contribution in [2.45, 2.75) is 38.5 Å². The van der Waals surface area contributed by atoms with Gasteiger partial charge in [-0.3, -0.25) is 0 Å². The van der Waals surface area contributed by atoms with Crippen molar-refractivity contribution in [3.8, 4) is 0 Å². The predicted octanol–water partition coefficient (Wildman–Crippen LogP) is 3.88. The first-order valence-electron chi connectivity index (χ1n) is 8.05. The Labute approximate surface area is 104 Å². The van der Waals surface area contributed by atoms with E-state index in [0.29, 0.717) is 0 Å². The molecular formula is C17H22. The highest BCUT2D eigenvalue weighted by Gasteiger charge is 2.76. The molecular weight excluding hydrogens is 204 g/mol. The van der Waals surface area contributed by atoms with Crippen LogP contribution in [0, 0.1) is 52.8 Å². The van der Waals surface area contributed by atoms with E-state index in [-0.39, 0.29) is 0 Å². The molecule has 0 heterocycles. The summed E-state index contributed by atoms with van der Waals surface area (Å²) >= 11 is 0. The molecule has 6 aliphatic carbocycles. The molecule has 17 heavy (non-hydrogen) atoms. The molecule has 0 aromatic rings. The van der Waals surface area contributed by atoms with E-state index in [4.69, 9.17) is 0 Å². The number of fused-ring (bicyclic) bond motifs is 8. The predicted molar refractivity (Wildman–Crippen MR) is 67.2 cm³/mol. The van der Waals surface area contributed by atoms with Crippen molar-refractivity contribution in [2.24, 2.45) is 52.8 Å². The summed E-state index contributed by atoms with van der Waals surface area (Å²) < 4.78 is 0. The highest BCUT2D eigenvalue weighted by Crippen LogP contribution is 2.83. The first kappa shape index (κ1) is 8.77. The Morgan fingerprint density at radius 3 is 2.88 bits per heavy atom. The van der Waals surface area contributed by atoms with Gasteiger partial charge in [0, 0.05) is 0 Å². The zero-order valence-corrected chi connectivity index (χ0v) is 10.5. The molecule has 9 atom stereocenters. The first-order valence-corrected chi connectivity index (χ1v) is 8.05. The molecule has 5 fully saturated rings. The van der Waals surface area contributed by atoms with E-state index in [1.807, 2.05) is 0 Å². The van der Waals surface area contributed by atoms with Gasteiger partial charge < -0.3 is 0 Å². The van der Waals surface area contributed by atoms with Crippen molar-refractivity contribution < 1.29 is 0 Å². The molecule has 6 rings (SSSR count). The van der Waals surface area contributed by atoms with Crippen LogP contribution in [0.3, 0.4) is 0 Å². The van der Waals surface area contributed by atoms with E-state index in [1.165, 1.54) is 36.0 Å². The summed E-state index contributed by atoms with van der Waals surface area (Å²) in [6, 6.07) is 0. The minimum Gasteiger partial charge on any atom is -0.0880 e. The lowest BCUT2D eigenvalue weighted by Crippen LogP contribution is -2.56. The third-order valence-corrected chi connectivity index (χ3v) is 8.30. The zero-order chi connectivity index (χ0) is 10.8. The molecule has 0 radical (unpaired) electrons. The van der Waals surface area contributed by atoms with Gasteiger partial charge in [0.2, 0.25) is 0 Å². The topological polar surface area (TPSA) is 0 Å². The van der Waals surface area contributed by atoms with Crippen LogP contribution in [0.1, 0.15) is 38.5 Å². The third kappa shape index (κ3) is 0.709. The van der Waals surface area contributed by atoms with Gasteiger partial charge in [-0.05, 0) is 91.3 Å². The molecule has 0 saturated heterocycles. The largest absolute Gasteiger partial charge is 0.0880 e. The van der Waals surface area contributed by atoms with E-state index in [1.54, 1.807) is 32.1 Å². The van der Waals surface area contributed by atoms with Crippen LogP contribution < -0.4 is 0 Å². The fraction of sp³-hybridized carbons (Fsp3) is 0.882. The summed E-state index contributed by atoms with van der Waals surface area (Å²) in [5.41, 5.74) is 0.898. The Morgan fingerprint density at radius 1 is 0.941 bits per heavy atom. The Morgan fingerprint density at radius 2 is 1.88 bits per heavy atom. The maximum Gasteiger partial charge on any atom is -0.0191 e. The zero-order valence-electron chi connectivity index (χ0n) is 10.5. The van der Waals surface area contributed by atoms with Crippen LogP contribution in [-0.4, -0.2) is 0 Å². The van der Waals surface area contributed by atoms with E-state index in [0.717, 1.165) is 23.2 Å². The molecule has 9 unspecified atom stereocenters. The fourth-order valence-electron chi connectivity index (χ4n) is 8.43. The van der Waals surface area contributed by atoms with Crippen molar-refractivity contribution in [3.63, 3.8) is 0 Å². The molecule has 0 aliphatic heterocycles. The molecule has 6 aliphatic rings. The lowest BCUT2D eigenvalue weighted by molar-refractivity contribution is -0.115. The number of hydrogen-bond donors (Lipinski definition) is 0. The SMILES string of the molecule is C1=CC2CC34CC(C(C1)C23)C1C2CCC(C2)C14. The molecule has 5 saturated carbocycles. The normalized spacial score (nSPS) is 72.5. The number of allylic oxidation sites excluding steroid dienone is 2. The van der Waals surface area contributed by atoms with E-state index >= 15 is 0 Å². The van der Waals surface area contributed by atoms with Gasteiger partial charge in [0.05, 0.1) is 0 Å². The smallest absolute Gasteiger partial charge is 0.0191 e. The Kier molecular flexibility index (Phi) is 1.24. The molecule has 0 heteroatoms. The molecule has 0 nitrogen and oxygen atoms in total. The van der Waals surface area contributed by atoms with Gasteiger partial charge >= 0.3 is 0 Å². The van der Waals surface area contributed by atoms with Gasteiger partial charge in [0.1, 0.15) is 0 Å². The second kappa shape index (κ2) is 2.40. The molecule has 0 amide bonds. The third-order valence-electron chi connectivity index (χ3n) is 8.30. The monoisotopic (exact) mass is 226 g/mol. The van der Waals surface area contributed by atoms with Crippen LogP contribution in [0.25, 0.3) is 0 Å². The van der Waals surface area contributed by atoms with Gasteiger partial charge in [0.15, 0.2) is 0 Å². The summed E-state index contributed by atoms with van der Waals surface area (Å²) in [6.07, 6.45) is 14.7. The molecule has 90 valence electrons. The summed E-state index contributed by atoms with van der Waals surface area (Å²) in [7, 11) is 0. The number of rotatable bonds is 0. The van der Waals surface area contributed by atoms with Gasteiger partial charge in [-0.1, -0.05) is 12.2 Å². The van der Waals surface area contributed by atoms with Crippen LogP contribution in [0.2, 0.25) is 0 Å². The molecule has 0 N–H and O–H groups in total. The Hall–Kier alpha value is -0.260. The van der Waals surface area contributed by atoms with Gasteiger partial charge in [-0.25, -0.2) is 0 Å². The Bertz CT molecular complexity index is 435. The van der Waals surface area contributed by atoms with Gasteiger partial charge in [0.25, 0.3) is 0 Å². The second-order valence-electron chi connectivity index (χ2n) is 8.26. The van der Waals surface area contributed by atoms with Crippen molar-refractivity contribution in [3.05, 3.63) is 12.2 Å². The fourth-order valence-corrected chi connectivity index (χ4v) is 8.43. The molecule has 0 aromatic carbocycles. The summed E-state index contributed by atoms with van der Waals surface area (Å²) in [6.45, 7) is 0. The lowest BCUT2D eigenvalue weighted by Gasteiger charge is -2.61. The first-order chi connectivity index (χ1) is 8.38. The maximum atomic E-state index is 2.59. The highest BCUT2D eigenvalue weighted by molar-refractivity contribution is 5.29. The Balaban J connectivity index is 1.54. The van der Waals surface area contributed by atoms with E-state index in [9.17, 15) is 0 Å². The summed E-state index contributed by atoms with van der Waals surface area (Å²) in [4.78, 5) is 0. The average Bonchev–Trinajstić information content (AvgIpc) is 3.03. The summed E-state index contributed by atoms with van der Waals surface area (Å²) in [5, 5.41) is 0. The van der Waals surface area contributed by atoms with Gasteiger partial charge in [-0.2, -0.15) is 0 Å². The average molecular weight is 226 g/mol. The molecule has 0 aromatic heterocycles.